The van der Waals surface area contributed by atoms with E-state index in [1.165, 1.54) is 0 Å². The van der Waals surface area contributed by atoms with Crippen molar-refractivity contribution in [2.45, 2.75) is 70.5 Å². The molecule has 4 heteroatoms. The molecule has 1 saturated carbocycles. The molecule has 17 heavy (non-hydrogen) atoms. The molecule has 0 aromatic heterocycles. The summed E-state index contributed by atoms with van der Waals surface area (Å²) in [4.78, 5) is 26.1. The monoisotopic (exact) mass is 238 g/mol. The van der Waals surface area contributed by atoms with E-state index in [0.29, 0.717) is 18.9 Å². The number of hydrogen-bond acceptors (Lipinski definition) is 2. The van der Waals surface area contributed by atoms with Gasteiger partial charge in [0, 0.05) is 18.0 Å². The molecule has 2 rings (SSSR count). The lowest BCUT2D eigenvalue weighted by Crippen LogP contribution is -2.58. The second-order valence-electron chi connectivity index (χ2n) is 6.47. The van der Waals surface area contributed by atoms with Gasteiger partial charge in [0.05, 0.1) is 0 Å². The fraction of sp³-hybridized carbons (Fsp3) is 0.846. The predicted molar refractivity (Wildman–Crippen MR) is 65.4 cm³/mol. The van der Waals surface area contributed by atoms with E-state index in [-0.39, 0.29) is 17.4 Å². The van der Waals surface area contributed by atoms with Crippen LogP contribution < -0.4 is 5.32 Å². The molecule has 0 aromatic carbocycles. The lowest BCUT2D eigenvalue weighted by Gasteiger charge is -2.36. The highest BCUT2D eigenvalue weighted by molar-refractivity contribution is 5.95. The van der Waals surface area contributed by atoms with E-state index in [0.717, 1.165) is 12.8 Å². The number of carbonyl (C=O) groups is 2. The summed E-state index contributed by atoms with van der Waals surface area (Å²) in [6, 6.07) is 0.306. The summed E-state index contributed by atoms with van der Waals surface area (Å²) in [7, 11) is 0. The van der Waals surface area contributed by atoms with Gasteiger partial charge in [0.2, 0.25) is 11.8 Å². The summed E-state index contributed by atoms with van der Waals surface area (Å²) in [6.45, 7) is 7.79. The van der Waals surface area contributed by atoms with E-state index < -0.39 is 5.54 Å². The summed E-state index contributed by atoms with van der Waals surface area (Å²) < 4.78 is 0. The van der Waals surface area contributed by atoms with E-state index in [9.17, 15) is 9.59 Å². The van der Waals surface area contributed by atoms with Gasteiger partial charge in [-0.25, -0.2) is 0 Å². The van der Waals surface area contributed by atoms with E-state index in [2.05, 4.69) is 5.32 Å². The molecule has 4 nitrogen and oxygen atoms in total. The molecule has 1 saturated heterocycles. The van der Waals surface area contributed by atoms with Gasteiger partial charge in [-0.3, -0.25) is 9.59 Å². The second-order valence-corrected chi connectivity index (χ2v) is 6.47. The molecule has 0 aromatic rings. The van der Waals surface area contributed by atoms with Crippen LogP contribution in [0.2, 0.25) is 0 Å². The van der Waals surface area contributed by atoms with Crippen molar-refractivity contribution < 1.29 is 9.59 Å². The van der Waals surface area contributed by atoms with Gasteiger partial charge in [-0.1, -0.05) is 0 Å². The fourth-order valence-electron chi connectivity index (χ4n) is 2.50. The van der Waals surface area contributed by atoms with Crippen LogP contribution in [0.3, 0.4) is 0 Å². The van der Waals surface area contributed by atoms with Crippen molar-refractivity contribution in [3.05, 3.63) is 0 Å². The van der Waals surface area contributed by atoms with Crippen molar-refractivity contribution in [1.29, 1.82) is 0 Å². The second kappa shape index (κ2) is 3.72. The topological polar surface area (TPSA) is 49.4 Å². The molecule has 96 valence electrons. The predicted octanol–water partition coefficient (Wildman–Crippen LogP) is 1.44. The Bertz CT molecular complexity index is 355. The fourth-order valence-corrected chi connectivity index (χ4v) is 2.50. The van der Waals surface area contributed by atoms with Crippen LogP contribution in [-0.4, -0.2) is 33.8 Å². The zero-order valence-corrected chi connectivity index (χ0v) is 11.2. The van der Waals surface area contributed by atoms with Crippen LogP contribution in [-0.2, 0) is 9.59 Å². The van der Waals surface area contributed by atoms with Gasteiger partial charge in [0.1, 0.15) is 5.54 Å². The lowest BCUT2D eigenvalue weighted by molar-refractivity contribution is -0.142. The maximum absolute atomic E-state index is 12.4. The molecule has 1 unspecified atom stereocenters. The SMILES string of the molecule is CC(C)(C)NC(=O)C1(C)CCC(=O)N1C1CC1. The summed E-state index contributed by atoms with van der Waals surface area (Å²) in [5.74, 6) is 0.127. The van der Waals surface area contributed by atoms with Crippen LogP contribution in [0.4, 0.5) is 0 Å². The number of nitrogens with zero attached hydrogens (tertiary/aromatic N) is 1. The van der Waals surface area contributed by atoms with Gasteiger partial charge >= 0.3 is 0 Å². The molecule has 2 amide bonds. The van der Waals surface area contributed by atoms with Gasteiger partial charge in [-0.15, -0.1) is 0 Å². The maximum atomic E-state index is 12.4. The molecule has 2 fully saturated rings. The van der Waals surface area contributed by atoms with Gasteiger partial charge < -0.3 is 10.2 Å². The van der Waals surface area contributed by atoms with Crippen LogP contribution in [0.15, 0.2) is 0 Å². The van der Waals surface area contributed by atoms with Crippen LogP contribution in [0, 0.1) is 0 Å². The van der Waals surface area contributed by atoms with Gasteiger partial charge in [-0.05, 0) is 47.0 Å². The number of rotatable bonds is 2. The Morgan fingerprint density at radius 3 is 2.47 bits per heavy atom. The molecular formula is C13H22N2O2. The van der Waals surface area contributed by atoms with Crippen LogP contribution in [0.5, 0.6) is 0 Å². The van der Waals surface area contributed by atoms with Crippen molar-refractivity contribution in [3.63, 3.8) is 0 Å². The summed E-state index contributed by atoms with van der Waals surface area (Å²) >= 11 is 0. The van der Waals surface area contributed by atoms with Gasteiger partial charge in [0.15, 0.2) is 0 Å². The highest BCUT2D eigenvalue weighted by Crippen LogP contribution is 2.40. The summed E-state index contributed by atoms with van der Waals surface area (Å²) in [6.07, 6.45) is 3.24. The molecule has 1 aliphatic heterocycles. The largest absolute Gasteiger partial charge is 0.349 e. The molecule has 1 atom stereocenters. The number of amides is 2. The smallest absolute Gasteiger partial charge is 0.246 e. The van der Waals surface area contributed by atoms with E-state index in [1.807, 2.05) is 32.6 Å². The number of carbonyl (C=O) groups excluding carboxylic acids is 2. The molecular weight excluding hydrogens is 216 g/mol. The minimum atomic E-state index is -0.633. The Labute approximate surface area is 103 Å². The third-order valence-corrected chi connectivity index (χ3v) is 3.52. The first-order valence-electron chi connectivity index (χ1n) is 6.39. The Balaban J connectivity index is 2.16. The quantitative estimate of drug-likeness (QED) is 0.791. The van der Waals surface area contributed by atoms with Crippen LogP contribution in [0.1, 0.15) is 53.4 Å². The molecule has 1 heterocycles. The van der Waals surface area contributed by atoms with Crippen molar-refractivity contribution >= 4 is 11.8 Å². The third kappa shape index (κ3) is 2.31. The molecule has 0 radical (unpaired) electrons. The molecule has 2 aliphatic rings. The van der Waals surface area contributed by atoms with Gasteiger partial charge in [0.25, 0.3) is 0 Å². The van der Waals surface area contributed by atoms with Crippen LogP contribution in [0.25, 0.3) is 0 Å². The average molecular weight is 238 g/mol. The summed E-state index contributed by atoms with van der Waals surface area (Å²) in [5, 5.41) is 3.00. The third-order valence-electron chi connectivity index (χ3n) is 3.52. The Kier molecular flexibility index (Phi) is 2.71. The van der Waals surface area contributed by atoms with E-state index in [1.54, 1.807) is 0 Å². The number of nitrogens with one attached hydrogen (secondary N) is 1. The van der Waals surface area contributed by atoms with Gasteiger partial charge in [-0.2, -0.15) is 0 Å². The maximum Gasteiger partial charge on any atom is 0.246 e. The average Bonchev–Trinajstić information content (AvgIpc) is 2.92. The zero-order chi connectivity index (χ0) is 12.8. The van der Waals surface area contributed by atoms with Crippen molar-refractivity contribution in [1.82, 2.24) is 10.2 Å². The first-order chi connectivity index (χ1) is 7.74. The standard InChI is InChI=1S/C13H22N2O2/c1-12(2,3)14-11(17)13(4)8-7-10(16)15(13)9-5-6-9/h9H,5-8H2,1-4H3,(H,14,17). The minimum absolute atomic E-state index is 0.0113. The molecule has 0 bridgehead atoms. The first-order valence-corrected chi connectivity index (χ1v) is 6.39. The molecule has 1 aliphatic carbocycles. The van der Waals surface area contributed by atoms with E-state index in [4.69, 9.17) is 0 Å². The van der Waals surface area contributed by atoms with E-state index >= 15 is 0 Å². The highest BCUT2D eigenvalue weighted by atomic mass is 16.2. The normalized spacial score (nSPS) is 29.6. The van der Waals surface area contributed by atoms with Crippen LogP contribution >= 0.6 is 0 Å². The number of likely N-dealkylation sites (tertiary alicyclic amines) is 1. The molecule has 1 N–H and O–H groups in total. The lowest BCUT2D eigenvalue weighted by atomic mass is 9.95. The zero-order valence-electron chi connectivity index (χ0n) is 11.2. The minimum Gasteiger partial charge on any atom is -0.349 e. The van der Waals surface area contributed by atoms with Crippen molar-refractivity contribution in [3.8, 4) is 0 Å². The number of hydrogen-bond donors (Lipinski definition) is 1. The first kappa shape index (κ1) is 12.4. The van der Waals surface area contributed by atoms with Crippen molar-refractivity contribution in [2.75, 3.05) is 0 Å². The molecule has 0 spiro atoms. The Morgan fingerprint density at radius 2 is 2.00 bits per heavy atom. The Morgan fingerprint density at radius 1 is 1.41 bits per heavy atom. The summed E-state index contributed by atoms with van der Waals surface area (Å²) in [5.41, 5.74) is -0.882. The Hall–Kier alpha value is -1.06. The van der Waals surface area contributed by atoms with Crippen molar-refractivity contribution in [2.24, 2.45) is 0 Å². The highest BCUT2D eigenvalue weighted by Gasteiger charge is 2.53.